The molecule has 3 fully saturated rings. The SMILES string of the molecule is CCC1CCCCN1c1ccc(N2CCN(C(=O)CCC3CCCC3)CC2)nn1. The fourth-order valence-electron chi connectivity index (χ4n) is 5.34. The van der Waals surface area contributed by atoms with Crippen molar-refractivity contribution >= 4 is 17.5 Å². The molecule has 1 unspecified atom stereocenters. The van der Waals surface area contributed by atoms with Gasteiger partial charge >= 0.3 is 0 Å². The smallest absolute Gasteiger partial charge is 0.222 e. The van der Waals surface area contributed by atoms with Gasteiger partial charge in [-0.1, -0.05) is 32.6 Å². The molecule has 0 aromatic carbocycles. The number of hydrogen-bond donors (Lipinski definition) is 0. The van der Waals surface area contributed by atoms with Crippen molar-refractivity contribution in [2.45, 2.75) is 77.2 Å². The van der Waals surface area contributed by atoms with Gasteiger partial charge in [-0.05, 0) is 50.2 Å². The Morgan fingerprint density at radius 2 is 1.62 bits per heavy atom. The van der Waals surface area contributed by atoms with E-state index in [4.69, 9.17) is 0 Å². The number of amides is 1. The second kappa shape index (κ2) is 9.77. The van der Waals surface area contributed by atoms with Gasteiger partial charge in [0.15, 0.2) is 11.6 Å². The first-order valence-electron chi connectivity index (χ1n) is 11.9. The molecule has 0 spiro atoms. The fraction of sp³-hybridized carbons (Fsp3) is 0.783. The monoisotopic (exact) mass is 399 g/mol. The minimum atomic E-state index is 0.341. The molecule has 2 aliphatic heterocycles. The van der Waals surface area contributed by atoms with Crippen LogP contribution in [0.3, 0.4) is 0 Å². The zero-order valence-electron chi connectivity index (χ0n) is 18.1. The van der Waals surface area contributed by atoms with Crippen LogP contribution in [0.5, 0.6) is 0 Å². The third-order valence-electron chi connectivity index (χ3n) is 7.23. The predicted molar refractivity (Wildman–Crippen MR) is 117 cm³/mol. The van der Waals surface area contributed by atoms with Crippen LogP contribution in [0.4, 0.5) is 11.6 Å². The van der Waals surface area contributed by atoms with Gasteiger partial charge in [0.1, 0.15) is 0 Å². The van der Waals surface area contributed by atoms with Gasteiger partial charge in [0.05, 0.1) is 0 Å². The molecule has 2 saturated heterocycles. The summed E-state index contributed by atoms with van der Waals surface area (Å²) < 4.78 is 0. The van der Waals surface area contributed by atoms with Crippen LogP contribution in [0.1, 0.15) is 71.1 Å². The summed E-state index contributed by atoms with van der Waals surface area (Å²) in [5.74, 6) is 3.09. The summed E-state index contributed by atoms with van der Waals surface area (Å²) >= 11 is 0. The van der Waals surface area contributed by atoms with E-state index in [0.717, 1.165) is 63.1 Å². The molecule has 6 nitrogen and oxygen atoms in total. The zero-order valence-corrected chi connectivity index (χ0v) is 18.1. The number of anilines is 2. The number of piperazine rings is 1. The van der Waals surface area contributed by atoms with E-state index in [0.29, 0.717) is 11.9 Å². The molecule has 1 atom stereocenters. The number of carbonyl (C=O) groups excluding carboxylic acids is 1. The average Bonchev–Trinajstić information content (AvgIpc) is 3.31. The third-order valence-corrected chi connectivity index (χ3v) is 7.23. The lowest BCUT2D eigenvalue weighted by molar-refractivity contribution is -0.131. The lowest BCUT2D eigenvalue weighted by atomic mass is 10.0. The van der Waals surface area contributed by atoms with Crippen molar-refractivity contribution in [3.05, 3.63) is 12.1 Å². The van der Waals surface area contributed by atoms with E-state index in [2.05, 4.69) is 39.1 Å². The molecule has 1 amide bonds. The van der Waals surface area contributed by atoms with Crippen molar-refractivity contribution < 1.29 is 4.79 Å². The fourth-order valence-corrected chi connectivity index (χ4v) is 5.34. The Labute approximate surface area is 175 Å². The molecule has 6 heteroatoms. The third kappa shape index (κ3) is 5.01. The van der Waals surface area contributed by atoms with Gasteiger partial charge in [-0.25, -0.2) is 0 Å². The van der Waals surface area contributed by atoms with Crippen LogP contribution in [0.25, 0.3) is 0 Å². The maximum absolute atomic E-state index is 12.6. The summed E-state index contributed by atoms with van der Waals surface area (Å²) in [7, 11) is 0. The number of nitrogens with zero attached hydrogens (tertiary/aromatic N) is 5. The number of rotatable bonds is 6. The lowest BCUT2D eigenvalue weighted by Crippen LogP contribution is -2.49. The summed E-state index contributed by atoms with van der Waals surface area (Å²) in [4.78, 5) is 19.3. The van der Waals surface area contributed by atoms with Crippen LogP contribution < -0.4 is 9.80 Å². The molecule has 1 aromatic heterocycles. The molecule has 160 valence electrons. The van der Waals surface area contributed by atoms with Crippen LogP contribution in [0.2, 0.25) is 0 Å². The summed E-state index contributed by atoms with van der Waals surface area (Å²) in [5.41, 5.74) is 0. The number of carbonyl (C=O) groups is 1. The Morgan fingerprint density at radius 3 is 2.31 bits per heavy atom. The summed E-state index contributed by atoms with van der Waals surface area (Å²) in [6.45, 7) is 6.66. The van der Waals surface area contributed by atoms with E-state index in [1.54, 1.807) is 0 Å². The van der Waals surface area contributed by atoms with E-state index < -0.39 is 0 Å². The summed E-state index contributed by atoms with van der Waals surface area (Å²) in [6, 6.07) is 4.85. The van der Waals surface area contributed by atoms with Gasteiger partial charge in [0, 0.05) is 45.2 Å². The quantitative estimate of drug-likeness (QED) is 0.727. The largest absolute Gasteiger partial charge is 0.352 e. The molecule has 3 heterocycles. The van der Waals surface area contributed by atoms with Gasteiger partial charge < -0.3 is 14.7 Å². The van der Waals surface area contributed by atoms with Gasteiger partial charge in [0.25, 0.3) is 0 Å². The van der Waals surface area contributed by atoms with Crippen LogP contribution in [0, 0.1) is 5.92 Å². The van der Waals surface area contributed by atoms with Crippen molar-refractivity contribution in [2.24, 2.45) is 5.92 Å². The average molecular weight is 400 g/mol. The van der Waals surface area contributed by atoms with Crippen molar-refractivity contribution in [3.63, 3.8) is 0 Å². The number of aromatic nitrogens is 2. The second-order valence-corrected chi connectivity index (χ2v) is 9.06. The minimum Gasteiger partial charge on any atom is -0.352 e. The first kappa shape index (κ1) is 20.4. The standard InChI is InChI=1S/C23H37N5O/c1-2-20-9-5-6-14-28(20)22-12-11-21(24-25-22)26-15-17-27(18-16-26)23(29)13-10-19-7-3-4-8-19/h11-12,19-20H,2-10,13-18H2,1H3. The Kier molecular flexibility index (Phi) is 6.88. The van der Waals surface area contributed by atoms with Gasteiger partial charge in [-0.15, -0.1) is 10.2 Å². The molecule has 1 saturated carbocycles. The highest BCUT2D eigenvalue weighted by Crippen LogP contribution is 2.29. The second-order valence-electron chi connectivity index (χ2n) is 9.06. The first-order chi connectivity index (χ1) is 14.2. The Balaban J connectivity index is 1.26. The Morgan fingerprint density at radius 1 is 0.931 bits per heavy atom. The molecule has 0 bridgehead atoms. The molecule has 1 aromatic rings. The topological polar surface area (TPSA) is 52.6 Å². The number of piperidine rings is 1. The normalized spacial score (nSPS) is 23.6. The van der Waals surface area contributed by atoms with Gasteiger partial charge in [-0.3, -0.25) is 4.79 Å². The predicted octanol–water partition coefficient (Wildman–Crippen LogP) is 3.86. The maximum atomic E-state index is 12.6. The highest BCUT2D eigenvalue weighted by Gasteiger charge is 2.25. The lowest BCUT2D eigenvalue weighted by Gasteiger charge is -2.37. The minimum absolute atomic E-state index is 0.341. The van der Waals surface area contributed by atoms with Gasteiger partial charge in [-0.2, -0.15) is 0 Å². The molecule has 4 rings (SSSR count). The van der Waals surface area contributed by atoms with Crippen molar-refractivity contribution in [1.82, 2.24) is 15.1 Å². The van der Waals surface area contributed by atoms with Crippen LogP contribution in [-0.4, -0.2) is 59.8 Å². The van der Waals surface area contributed by atoms with Crippen molar-refractivity contribution in [3.8, 4) is 0 Å². The first-order valence-corrected chi connectivity index (χ1v) is 11.9. The zero-order chi connectivity index (χ0) is 20.1. The summed E-state index contributed by atoms with van der Waals surface area (Å²) in [6.07, 6.45) is 12.2. The molecule has 3 aliphatic rings. The van der Waals surface area contributed by atoms with E-state index in [1.165, 1.54) is 51.4 Å². The van der Waals surface area contributed by atoms with Gasteiger partial charge in [0.2, 0.25) is 5.91 Å². The summed E-state index contributed by atoms with van der Waals surface area (Å²) in [5, 5.41) is 9.09. The maximum Gasteiger partial charge on any atom is 0.222 e. The van der Waals surface area contributed by atoms with Crippen molar-refractivity contribution in [1.29, 1.82) is 0 Å². The molecule has 0 N–H and O–H groups in total. The van der Waals surface area contributed by atoms with E-state index in [-0.39, 0.29) is 0 Å². The molecular weight excluding hydrogens is 362 g/mol. The highest BCUT2D eigenvalue weighted by atomic mass is 16.2. The molecule has 0 radical (unpaired) electrons. The van der Waals surface area contributed by atoms with E-state index in [9.17, 15) is 4.79 Å². The molecule has 1 aliphatic carbocycles. The Bertz CT molecular complexity index is 650. The molecular formula is C23H37N5O. The van der Waals surface area contributed by atoms with Crippen LogP contribution in [0.15, 0.2) is 12.1 Å². The van der Waals surface area contributed by atoms with Crippen LogP contribution >= 0.6 is 0 Å². The molecule has 29 heavy (non-hydrogen) atoms. The van der Waals surface area contributed by atoms with E-state index >= 15 is 0 Å². The highest BCUT2D eigenvalue weighted by molar-refractivity contribution is 5.76. The van der Waals surface area contributed by atoms with Crippen molar-refractivity contribution in [2.75, 3.05) is 42.5 Å². The van der Waals surface area contributed by atoms with Crippen LogP contribution in [-0.2, 0) is 4.79 Å². The Hall–Kier alpha value is -1.85. The number of hydrogen-bond acceptors (Lipinski definition) is 5. The van der Waals surface area contributed by atoms with E-state index in [1.807, 2.05) is 4.90 Å².